The second kappa shape index (κ2) is 7.55. The quantitative estimate of drug-likeness (QED) is 0.747. The van der Waals surface area contributed by atoms with Crippen LogP contribution < -0.4 is 0 Å². The number of thioether (sulfide) groups is 1. The summed E-state index contributed by atoms with van der Waals surface area (Å²) in [5, 5.41) is 8.48. The Bertz CT molecular complexity index is 265. The van der Waals surface area contributed by atoms with Gasteiger partial charge in [-0.05, 0) is 13.0 Å². The maximum atomic E-state index is 11.7. The average molecular weight is 260 g/mol. The van der Waals surface area contributed by atoms with Gasteiger partial charge in [-0.15, -0.1) is 11.8 Å². The topological polar surface area (TPSA) is 60.9 Å². The second-order valence-corrected chi connectivity index (χ2v) is 5.09. The number of carboxylic acids is 1. The van der Waals surface area contributed by atoms with Crippen molar-refractivity contribution in [3.8, 4) is 0 Å². The molecule has 6 heteroatoms. The number of hydrogen-bond acceptors (Lipinski definition) is 4. The molecule has 0 radical (unpaired) electrons. The Labute approximate surface area is 106 Å². The van der Waals surface area contributed by atoms with Crippen molar-refractivity contribution in [2.75, 3.05) is 44.2 Å². The number of aliphatic carboxylic acids is 1. The van der Waals surface area contributed by atoms with Crippen molar-refractivity contribution in [1.82, 2.24) is 9.80 Å². The largest absolute Gasteiger partial charge is 0.481 e. The number of rotatable bonds is 6. The summed E-state index contributed by atoms with van der Waals surface area (Å²) in [6, 6.07) is 0. The lowest BCUT2D eigenvalue weighted by molar-refractivity contribution is -0.133. The van der Waals surface area contributed by atoms with Gasteiger partial charge in [-0.3, -0.25) is 14.5 Å². The fourth-order valence-electron chi connectivity index (χ4n) is 1.85. The number of carbonyl (C=O) groups is 2. The first kappa shape index (κ1) is 14.3. The van der Waals surface area contributed by atoms with Crippen LogP contribution in [0.4, 0.5) is 0 Å². The molecule has 1 heterocycles. The SMILES string of the molecule is CCCN1CCN(C(=O)CSCC(=O)O)CC1. The first-order chi connectivity index (χ1) is 8.13. The van der Waals surface area contributed by atoms with E-state index in [0.29, 0.717) is 0 Å². The normalized spacial score (nSPS) is 17.1. The number of carbonyl (C=O) groups excluding carboxylic acids is 1. The van der Waals surface area contributed by atoms with Crippen LogP contribution in [0, 0.1) is 0 Å². The maximum Gasteiger partial charge on any atom is 0.313 e. The van der Waals surface area contributed by atoms with Gasteiger partial charge < -0.3 is 10.0 Å². The number of carboxylic acid groups (broad SMARTS) is 1. The lowest BCUT2D eigenvalue weighted by atomic mass is 10.3. The summed E-state index contributed by atoms with van der Waals surface area (Å²) in [5.41, 5.74) is 0. The molecule has 1 aliphatic heterocycles. The van der Waals surface area contributed by atoms with Gasteiger partial charge in [0.25, 0.3) is 0 Å². The number of piperazine rings is 1. The lowest BCUT2D eigenvalue weighted by Crippen LogP contribution is -2.49. The minimum Gasteiger partial charge on any atom is -0.481 e. The van der Waals surface area contributed by atoms with Crippen LogP contribution >= 0.6 is 11.8 Å². The number of amides is 1. The van der Waals surface area contributed by atoms with Crippen LogP contribution in [-0.4, -0.2) is 71.0 Å². The highest BCUT2D eigenvalue weighted by atomic mass is 32.2. The fraction of sp³-hybridized carbons (Fsp3) is 0.818. The highest BCUT2D eigenvalue weighted by Crippen LogP contribution is 2.07. The molecule has 17 heavy (non-hydrogen) atoms. The molecule has 0 aliphatic carbocycles. The third-order valence-electron chi connectivity index (χ3n) is 2.72. The third kappa shape index (κ3) is 5.41. The molecular formula is C11H20N2O3S. The molecule has 1 aliphatic rings. The first-order valence-electron chi connectivity index (χ1n) is 5.93. The van der Waals surface area contributed by atoms with E-state index in [2.05, 4.69) is 11.8 Å². The van der Waals surface area contributed by atoms with Gasteiger partial charge in [0, 0.05) is 26.2 Å². The van der Waals surface area contributed by atoms with Crippen LogP contribution in [0.15, 0.2) is 0 Å². The smallest absolute Gasteiger partial charge is 0.313 e. The van der Waals surface area contributed by atoms with Crippen molar-refractivity contribution in [2.45, 2.75) is 13.3 Å². The molecule has 0 spiro atoms. The molecule has 0 aromatic carbocycles. The number of hydrogen-bond donors (Lipinski definition) is 1. The maximum absolute atomic E-state index is 11.7. The van der Waals surface area contributed by atoms with E-state index < -0.39 is 5.97 Å². The van der Waals surface area contributed by atoms with Gasteiger partial charge >= 0.3 is 5.97 Å². The van der Waals surface area contributed by atoms with Gasteiger partial charge in [-0.1, -0.05) is 6.92 Å². The van der Waals surface area contributed by atoms with Crippen LogP contribution in [0.1, 0.15) is 13.3 Å². The van der Waals surface area contributed by atoms with Gasteiger partial charge in [0.1, 0.15) is 0 Å². The molecule has 1 rings (SSSR count). The summed E-state index contributed by atoms with van der Waals surface area (Å²) in [6.07, 6.45) is 1.14. The molecular weight excluding hydrogens is 240 g/mol. The van der Waals surface area contributed by atoms with E-state index in [1.165, 1.54) is 11.8 Å². The summed E-state index contributed by atoms with van der Waals surface area (Å²) >= 11 is 1.17. The molecule has 0 aromatic heterocycles. The fourth-order valence-corrected chi connectivity index (χ4v) is 2.49. The predicted molar refractivity (Wildman–Crippen MR) is 68.3 cm³/mol. The molecule has 0 aromatic rings. The Kier molecular flexibility index (Phi) is 6.36. The summed E-state index contributed by atoms with van der Waals surface area (Å²) in [7, 11) is 0. The van der Waals surface area contributed by atoms with Gasteiger partial charge in [0.05, 0.1) is 11.5 Å². The molecule has 1 saturated heterocycles. The second-order valence-electron chi connectivity index (χ2n) is 4.11. The highest BCUT2D eigenvalue weighted by Gasteiger charge is 2.20. The summed E-state index contributed by atoms with van der Waals surface area (Å²) in [5.74, 6) is -0.523. The standard InChI is InChI=1S/C11H20N2O3S/c1-2-3-12-4-6-13(7-5-12)10(14)8-17-9-11(15)16/h2-9H2,1H3,(H,15,16). The molecule has 0 bridgehead atoms. The minimum absolute atomic E-state index is 0.00153. The Morgan fingerprint density at radius 2 is 1.82 bits per heavy atom. The van der Waals surface area contributed by atoms with E-state index in [0.717, 1.165) is 39.1 Å². The third-order valence-corrected chi connectivity index (χ3v) is 3.62. The van der Waals surface area contributed by atoms with Gasteiger partial charge in [-0.2, -0.15) is 0 Å². The van der Waals surface area contributed by atoms with E-state index in [-0.39, 0.29) is 17.4 Å². The molecule has 1 fully saturated rings. The Balaban J connectivity index is 2.19. The molecule has 0 atom stereocenters. The Hall–Kier alpha value is -0.750. The molecule has 0 saturated carbocycles. The molecule has 5 nitrogen and oxygen atoms in total. The van der Waals surface area contributed by atoms with E-state index in [1.807, 2.05) is 4.90 Å². The summed E-state index contributed by atoms with van der Waals surface area (Å²) < 4.78 is 0. The van der Waals surface area contributed by atoms with Gasteiger partial charge in [0.15, 0.2) is 0 Å². The van der Waals surface area contributed by atoms with Gasteiger partial charge in [-0.25, -0.2) is 0 Å². The molecule has 1 amide bonds. The van der Waals surface area contributed by atoms with E-state index in [4.69, 9.17) is 5.11 Å². The van der Waals surface area contributed by atoms with E-state index in [9.17, 15) is 9.59 Å². The minimum atomic E-state index is -0.865. The van der Waals surface area contributed by atoms with Crippen molar-refractivity contribution in [2.24, 2.45) is 0 Å². The van der Waals surface area contributed by atoms with Gasteiger partial charge in [0.2, 0.25) is 5.91 Å². The summed E-state index contributed by atoms with van der Waals surface area (Å²) in [6.45, 7) is 6.65. The predicted octanol–water partition coefficient (Wildman–Crippen LogP) is 0.358. The van der Waals surface area contributed by atoms with Crippen LogP contribution in [0.5, 0.6) is 0 Å². The Morgan fingerprint density at radius 3 is 2.35 bits per heavy atom. The zero-order chi connectivity index (χ0) is 12.7. The molecule has 0 unspecified atom stereocenters. The van der Waals surface area contributed by atoms with Crippen LogP contribution in [-0.2, 0) is 9.59 Å². The highest BCUT2D eigenvalue weighted by molar-refractivity contribution is 8.00. The summed E-state index contributed by atoms with van der Waals surface area (Å²) in [4.78, 5) is 26.2. The average Bonchev–Trinajstić information content (AvgIpc) is 2.30. The van der Waals surface area contributed by atoms with E-state index >= 15 is 0 Å². The zero-order valence-electron chi connectivity index (χ0n) is 10.2. The Morgan fingerprint density at radius 1 is 1.18 bits per heavy atom. The van der Waals surface area contributed by atoms with Crippen molar-refractivity contribution in [3.63, 3.8) is 0 Å². The van der Waals surface area contributed by atoms with E-state index in [1.54, 1.807) is 0 Å². The van der Waals surface area contributed by atoms with Crippen LogP contribution in [0.2, 0.25) is 0 Å². The van der Waals surface area contributed by atoms with Crippen LogP contribution in [0.25, 0.3) is 0 Å². The number of nitrogens with zero attached hydrogens (tertiary/aromatic N) is 2. The molecule has 98 valence electrons. The van der Waals surface area contributed by atoms with Crippen molar-refractivity contribution < 1.29 is 14.7 Å². The van der Waals surface area contributed by atoms with Crippen molar-refractivity contribution in [3.05, 3.63) is 0 Å². The van der Waals surface area contributed by atoms with Crippen molar-refractivity contribution >= 4 is 23.6 Å². The monoisotopic (exact) mass is 260 g/mol. The molecule has 1 N–H and O–H groups in total. The zero-order valence-corrected chi connectivity index (χ0v) is 11.0. The first-order valence-corrected chi connectivity index (χ1v) is 7.08. The lowest BCUT2D eigenvalue weighted by Gasteiger charge is -2.34. The van der Waals surface area contributed by atoms with Crippen LogP contribution in [0.3, 0.4) is 0 Å². The van der Waals surface area contributed by atoms with Crippen molar-refractivity contribution in [1.29, 1.82) is 0 Å².